The minimum atomic E-state index is -5.19. The van der Waals surface area contributed by atoms with Crippen LogP contribution in [0.5, 0.6) is 5.75 Å². The summed E-state index contributed by atoms with van der Waals surface area (Å²) in [6.45, 7) is 15.8. The molecule has 0 unspecified atom stereocenters. The molecule has 1 aliphatic rings. The van der Waals surface area contributed by atoms with E-state index in [1.807, 2.05) is 39.8 Å². The second-order valence-electron chi connectivity index (χ2n) is 9.92. The lowest BCUT2D eigenvalue weighted by molar-refractivity contribution is -0.676. The Morgan fingerprint density at radius 1 is 1.02 bits per heavy atom. The van der Waals surface area contributed by atoms with Gasteiger partial charge in [0.15, 0.2) is 11.0 Å². The lowest BCUT2D eigenvalue weighted by Gasteiger charge is -2.35. The Bertz CT molecular complexity index is 1210. The van der Waals surface area contributed by atoms with Gasteiger partial charge in [-0.05, 0) is 41.5 Å². The van der Waals surface area contributed by atoms with Gasteiger partial charge in [0.25, 0.3) is 11.7 Å². The number of rotatable bonds is 6. The normalized spacial score (nSPS) is 14.1. The van der Waals surface area contributed by atoms with Crippen molar-refractivity contribution in [1.82, 2.24) is 14.4 Å². The lowest BCUT2D eigenvalue weighted by Crippen LogP contribution is -2.51. The van der Waals surface area contributed by atoms with Gasteiger partial charge < -0.3 is 34.9 Å². The van der Waals surface area contributed by atoms with Crippen molar-refractivity contribution in [3.63, 3.8) is 0 Å². The Labute approximate surface area is 231 Å². The van der Waals surface area contributed by atoms with Gasteiger partial charge in [-0.1, -0.05) is 0 Å². The van der Waals surface area contributed by atoms with Crippen LogP contribution in [0, 0.1) is 0 Å². The summed E-state index contributed by atoms with van der Waals surface area (Å²) in [5.41, 5.74) is 8.04. The second-order valence-corrected chi connectivity index (χ2v) is 9.92. The average molecular weight is 574 g/mol. The first-order chi connectivity index (χ1) is 18.6. The number of aliphatic carboxylic acids is 1. The topological polar surface area (TPSA) is 134 Å². The fourth-order valence-electron chi connectivity index (χ4n) is 4.37. The summed E-state index contributed by atoms with van der Waals surface area (Å²) in [4.78, 5) is 38.1. The number of hydrogen-bond donors (Lipinski definition) is 1. The smallest absolute Gasteiger partial charge is 0.430 e. The van der Waals surface area contributed by atoms with Crippen molar-refractivity contribution in [2.24, 2.45) is 5.73 Å². The number of carboxylic acids is 1. The van der Waals surface area contributed by atoms with E-state index in [-0.39, 0.29) is 12.0 Å². The van der Waals surface area contributed by atoms with Gasteiger partial charge in [0.05, 0.1) is 31.8 Å². The predicted molar refractivity (Wildman–Crippen MR) is 137 cm³/mol. The molecule has 0 saturated carbocycles. The van der Waals surface area contributed by atoms with Crippen molar-refractivity contribution in [3.05, 3.63) is 23.5 Å². The van der Waals surface area contributed by atoms with Crippen LogP contribution in [-0.4, -0.2) is 76.9 Å². The second kappa shape index (κ2) is 13.2. The van der Waals surface area contributed by atoms with Crippen molar-refractivity contribution in [3.8, 4) is 5.75 Å². The van der Waals surface area contributed by atoms with E-state index < -0.39 is 17.7 Å². The predicted octanol–water partition coefficient (Wildman–Crippen LogP) is 1.82. The number of carbonyl (C=O) groups excluding carboxylic acids is 3. The maximum absolute atomic E-state index is 13.5. The summed E-state index contributed by atoms with van der Waals surface area (Å²) in [5.74, 6) is -1.51. The summed E-state index contributed by atoms with van der Waals surface area (Å²) in [6.07, 6.45) is -5.54. The first-order valence-corrected chi connectivity index (χ1v) is 13.1. The molecule has 0 aliphatic carbocycles. The Hall–Kier alpha value is -3.55. The molecule has 2 aromatic rings. The minimum absolute atomic E-state index is 0.0922. The molecule has 224 valence electrons. The van der Waals surface area contributed by atoms with Gasteiger partial charge in [0.2, 0.25) is 0 Å². The Balaban J connectivity index is 0.000000708. The summed E-state index contributed by atoms with van der Waals surface area (Å²) < 4.78 is 47.2. The number of aryl methyl sites for hydroxylation is 2. The third kappa shape index (κ3) is 7.77. The zero-order chi connectivity index (χ0) is 30.4. The first-order valence-electron chi connectivity index (χ1n) is 13.1. The molecule has 0 atom stereocenters. The quantitative estimate of drug-likeness (QED) is 0.521. The van der Waals surface area contributed by atoms with Crippen LogP contribution in [0.1, 0.15) is 57.7 Å². The summed E-state index contributed by atoms with van der Waals surface area (Å²) in [6, 6.07) is 3.88. The molecule has 1 aromatic carbocycles. The maximum atomic E-state index is 13.5. The Kier molecular flexibility index (Phi) is 10.8. The van der Waals surface area contributed by atoms with Crippen LogP contribution in [0.4, 0.5) is 18.0 Å². The van der Waals surface area contributed by atoms with Crippen molar-refractivity contribution in [1.29, 1.82) is 0 Å². The molecular weight excluding hydrogens is 535 g/mol. The molecule has 3 rings (SSSR count). The zero-order valence-corrected chi connectivity index (χ0v) is 23.8. The molecule has 0 spiro atoms. The number of piperazine rings is 1. The largest absolute Gasteiger partial charge is 0.542 e. The highest BCUT2D eigenvalue weighted by molar-refractivity contribution is 6.00. The minimum Gasteiger partial charge on any atom is -0.542 e. The van der Waals surface area contributed by atoms with Gasteiger partial charge in [-0.2, -0.15) is 13.2 Å². The fourth-order valence-corrected chi connectivity index (χ4v) is 4.37. The average Bonchev–Trinajstić information content (AvgIpc) is 3.18. The molecule has 1 fully saturated rings. The summed E-state index contributed by atoms with van der Waals surface area (Å²) in [7, 11) is 0. The van der Waals surface area contributed by atoms with Gasteiger partial charge in [-0.15, -0.1) is 0 Å². The number of alkyl halides is 3. The van der Waals surface area contributed by atoms with E-state index in [1.54, 1.807) is 9.80 Å². The lowest BCUT2D eigenvalue weighted by atomic mass is 10.1. The van der Waals surface area contributed by atoms with Gasteiger partial charge in [0, 0.05) is 38.3 Å². The van der Waals surface area contributed by atoms with Gasteiger partial charge in [-0.25, -0.2) is 13.9 Å². The molecule has 2 heterocycles. The number of imidazole rings is 1. The van der Waals surface area contributed by atoms with Crippen LogP contribution in [0.2, 0.25) is 0 Å². The van der Waals surface area contributed by atoms with E-state index in [0.717, 1.165) is 29.9 Å². The number of carbonyl (C=O) groups is 3. The van der Waals surface area contributed by atoms with Crippen molar-refractivity contribution < 1.29 is 46.7 Å². The number of carboxylic acid groups (broad SMARTS) is 1. The number of nitrogens with zero attached hydrogens (tertiary/aromatic N) is 4. The number of aromatic nitrogens is 2. The molecule has 11 nitrogen and oxygen atoms in total. The molecule has 14 heteroatoms. The van der Waals surface area contributed by atoms with Crippen molar-refractivity contribution in [2.45, 2.75) is 73.0 Å². The van der Waals surface area contributed by atoms with Gasteiger partial charge in [0.1, 0.15) is 17.3 Å². The van der Waals surface area contributed by atoms with Crippen molar-refractivity contribution >= 4 is 29.0 Å². The molecule has 40 heavy (non-hydrogen) atoms. The zero-order valence-electron chi connectivity index (χ0n) is 23.8. The van der Waals surface area contributed by atoms with Crippen LogP contribution in [0.3, 0.4) is 0 Å². The fraction of sp³-hybridized carbons (Fsp3) is 0.615. The summed E-state index contributed by atoms with van der Waals surface area (Å²) in [5, 5.41) is 8.78. The molecule has 1 saturated heterocycles. The molecule has 2 amide bonds. The number of benzene rings is 1. The molecule has 1 aliphatic heterocycles. The van der Waals surface area contributed by atoms with E-state index in [4.69, 9.17) is 25.1 Å². The van der Waals surface area contributed by atoms with Crippen LogP contribution < -0.4 is 20.1 Å². The third-order valence-corrected chi connectivity index (χ3v) is 6.08. The van der Waals surface area contributed by atoms with E-state index in [2.05, 4.69) is 23.0 Å². The Morgan fingerprint density at radius 2 is 1.57 bits per heavy atom. The van der Waals surface area contributed by atoms with E-state index in [9.17, 15) is 22.8 Å². The number of ether oxygens (including phenoxy) is 2. The molecule has 1 aromatic heterocycles. The Morgan fingerprint density at radius 3 is 2.00 bits per heavy atom. The third-order valence-electron chi connectivity index (χ3n) is 6.08. The molecule has 0 radical (unpaired) electrons. The van der Waals surface area contributed by atoms with Crippen LogP contribution >= 0.6 is 0 Å². The first kappa shape index (κ1) is 32.7. The van der Waals surface area contributed by atoms with Crippen LogP contribution in [-0.2, 0) is 29.2 Å². The van der Waals surface area contributed by atoms with E-state index >= 15 is 0 Å². The van der Waals surface area contributed by atoms with E-state index in [1.165, 1.54) is 0 Å². The SMILES string of the molecule is CCOc1cc2c(cc1C(=O)N1CCN(C(=O)OC(C)(C)C)CC1)n(CC)c(CN)[n+]2CC.O=C([O-])C(F)(F)F. The number of nitrogens with two attached hydrogens (primary N) is 1. The van der Waals surface area contributed by atoms with Crippen LogP contribution in [0.25, 0.3) is 11.0 Å². The van der Waals surface area contributed by atoms with Gasteiger partial charge in [-0.3, -0.25) is 4.79 Å². The molecular formula is C26H38F3N5O6. The number of halogens is 3. The molecule has 0 bridgehead atoms. The van der Waals surface area contributed by atoms with Gasteiger partial charge >= 0.3 is 12.3 Å². The molecule has 2 N–H and O–H groups in total. The standard InChI is InChI=1S/C24H38N5O4.C2HF3O2/c1-7-28-18-14-17(20(32-9-3)15-19(18)29(8-2)21(28)16-25)22(30)26-10-12-27(13-11-26)23(31)33-24(4,5)6;3-2(4,5)1(6)7/h14-15H,7-13,16,25H2,1-6H3;(H,6,7)/q+1;/p-1. The maximum Gasteiger partial charge on any atom is 0.430 e. The highest BCUT2D eigenvalue weighted by Gasteiger charge is 2.32. The van der Waals surface area contributed by atoms with E-state index in [0.29, 0.717) is 50.6 Å². The number of hydrogen-bond acceptors (Lipinski definition) is 7. The van der Waals surface area contributed by atoms with Crippen molar-refractivity contribution in [2.75, 3.05) is 32.8 Å². The monoisotopic (exact) mass is 573 g/mol. The van der Waals surface area contributed by atoms with Crippen LogP contribution in [0.15, 0.2) is 12.1 Å². The number of amides is 2. The number of fused-ring (bicyclic) bond motifs is 1. The highest BCUT2D eigenvalue weighted by atomic mass is 19.4. The highest BCUT2D eigenvalue weighted by Crippen LogP contribution is 2.28. The summed E-state index contributed by atoms with van der Waals surface area (Å²) >= 11 is 0.